The molecule has 0 rings (SSSR count). The minimum atomic E-state index is 0.0927. The Labute approximate surface area is 68.2 Å². The maximum atomic E-state index is 10.7. The molecule has 0 bridgehead atoms. The predicted molar refractivity (Wildman–Crippen MR) is 47.3 cm³/mol. The van der Waals surface area contributed by atoms with E-state index in [1.165, 1.54) is 0 Å². The fourth-order valence-corrected chi connectivity index (χ4v) is 0.537. The summed E-state index contributed by atoms with van der Waals surface area (Å²) in [5.41, 5.74) is 0. The van der Waals surface area contributed by atoms with E-state index in [4.69, 9.17) is 0 Å². The van der Waals surface area contributed by atoms with E-state index in [0.717, 1.165) is 0 Å². The number of hydrogen-bond acceptors (Lipinski definition) is 1. The Balaban J connectivity index is 3.61. The first kappa shape index (κ1) is 9.95. The van der Waals surface area contributed by atoms with Crippen molar-refractivity contribution >= 4 is 5.91 Å². The van der Waals surface area contributed by atoms with Gasteiger partial charge in [0.2, 0.25) is 5.91 Å². The quantitative estimate of drug-likeness (QED) is 0.564. The van der Waals surface area contributed by atoms with Gasteiger partial charge in [-0.3, -0.25) is 4.79 Å². The van der Waals surface area contributed by atoms with Crippen LogP contribution in [0.15, 0.2) is 24.3 Å². The zero-order valence-electron chi connectivity index (χ0n) is 7.37. The fraction of sp³-hybridized carbons (Fsp3) is 0.444. The molecular formula is C9H15NO. The van der Waals surface area contributed by atoms with Gasteiger partial charge < -0.3 is 4.90 Å². The summed E-state index contributed by atoms with van der Waals surface area (Å²) in [6.45, 7) is 4.20. The molecule has 0 fully saturated rings. The summed E-state index contributed by atoms with van der Waals surface area (Å²) in [6, 6.07) is 0. The molecule has 0 saturated heterocycles. The third-order valence-electron chi connectivity index (χ3n) is 1.36. The smallest absolute Gasteiger partial charge is 0.219 e. The SMILES string of the molecule is C/C=C\C=C/CN(C)C(C)=O. The molecule has 0 N–H and O–H groups in total. The van der Waals surface area contributed by atoms with Crippen molar-refractivity contribution in [3.63, 3.8) is 0 Å². The average Bonchev–Trinajstić information content (AvgIpc) is 1.97. The minimum Gasteiger partial charge on any atom is -0.342 e. The van der Waals surface area contributed by atoms with Gasteiger partial charge in [-0.15, -0.1) is 0 Å². The summed E-state index contributed by atoms with van der Waals surface area (Å²) in [4.78, 5) is 12.3. The topological polar surface area (TPSA) is 20.3 Å². The molecule has 0 aliphatic rings. The standard InChI is InChI=1S/C9H15NO/c1-4-5-6-7-8-10(3)9(2)11/h4-7H,8H2,1-3H3/b5-4-,7-6-. The van der Waals surface area contributed by atoms with Crippen molar-refractivity contribution in [3.8, 4) is 0 Å². The lowest BCUT2D eigenvalue weighted by molar-refractivity contribution is -0.127. The van der Waals surface area contributed by atoms with Crippen molar-refractivity contribution in [2.75, 3.05) is 13.6 Å². The molecule has 0 aliphatic carbocycles. The third-order valence-corrected chi connectivity index (χ3v) is 1.36. The number of rotatable bonds is 3. The van der Waals surface area contributed by atoms with Crippen LogP contribution in [-0.2, 0) is 4.79 Å². The van der Waals surface area contributed by atoms with Crippen molar-refractivity contribution in [2.45, 2.75) is 13.8 Å². The van der Waals surface area contributed by atoms with Crippen LogP contribution in [0, 0.1) is 0 Å². The van der Waals surface area contributed by atoms with Crippen molar-refractivity contribution in [3.05, 3.63) is 24.3 Å². The summed E-state index contributed by atoms with van der Waals surface area (Å²) in [6.07, 6.45) is 7.76. The molecule has 0 radical (unpaired) electrons. The summed E-state index contributed by atoms with van der Waals surface area (Å²) in [5.74, 6) is 0.0927. The summed E-state index contributed by atoms with van der Waals surface area (Å²) in [7, 11) is 1.78. The Morgan fingerprint density at radius 3 is 2.55 bits per heavy atom. The highest BCUT2D eigenvalue weighted by Crippen LogP contribution is 1.84. The number of nitrogens with zero attached hydrogens (tertiary/aromatic N) is 1. The van der Waals surface area contributed by atoms with E-state index in [9.17, 15) is 4.79 Å². The zero-order chi connectivity index (χ0) is 8.69. The Kier molecular flexibility index (Phi) is 5.17. The van der Waals surface area contributed by atoms with E-state index < -0.39 is 0 Å². The van der Waals surface area contributed by atoms with Gasteiger partial charge >= 0.3 is 0 Å². The number of carbonyl (C=O) groups is 1. The van der Waals surface area contributed by atoms with Gasteiger partial charge in [-0.1, -0.05) is 24.3 Å². The van der Waals surface area contributed by atoms with Crippen LogP contribution in [0.4, 0.5) is 0 Å². The number of carbonyl (C=O) groups excluding carboxylic acids is 1. The van der Waals surface area contributed by atoms with E-state index in [1.54, 1.807) is 18.9 Å². The largest absolute Gasteiger partial charge is 0.342 e. The number of likely N-dealkylation sites (N-methyl/N-ethyl adjacent to an activating group) is 1. The van der Waals surface area contributed by atoms with Crippen LogP contribution < -0.4 is 0 Å². The van der Waals surface area contributed by atoms with Gasteiger partial charge in [0.05, 0.1) is 0 Å². The van der Waals surface area contributed by atoms with E-state index >= 15 is 0 Å². The first-order valence-corrected chi connectivity index (χ1v) is 3.68. The van der Waals surface area contributed by atoms with Gasteiger partial charge in [-0.2, -0.15) is 0 Å². The second-order valence-corrected chi connectivity index (χ2v) is 2.35. The molecule has 0 aromatic heterocycles. The van der Waals surface area contributed by atoms with Crippen LogP contribution in [0.25, 0.3) is 0 Å². The van der Waals surface area contributed by atoms with Crippen LogP contribution in [0.3, 0.4) is 0 Å². The van der Waals surface area contributed by atoms with Crippen molar-refractivity contribution in [1.29, 1.82) is 0 Å². The Hall–Kier alpha value is -1.05. The Bertz CT molecular complexity index is 170. The molecule has 0 aromatic rings. The zero-order valence-corrected chi connectivity index (χ0v) is 7.37. The van der Waals surface area contributed by atoms with E-state index in [0.29, 0.717) is 6.54 Å². The van der Waals surface area contributed by atoms with Crippen molar-refractivity contribution in [1.82, 2.24) is 4.90 Å². The first-order valence-electron chi connectivity index (χ1n) is 3.68. The fourth-order valence-electron chi connectivity index (χ4n) is 0.537. The summed E-state index contributed by atoms with van der Waals surface area (Å²) in [5, 5.41) is 0. The molecule has 62 valence electrons. The van der Waals surface area contributed by atoms with Crippen LogP contribution in [-0.4, -0.2) is 24.4 Å². The monoisotopic (exact) mass is 153 g/mol. The molecule has 2 heteroatoms. The average molecular weight is 153 g/mol. The maximum absolute atomic E-state index is 10.7. The van der Waals surface area contributed by atoms with Crippen molar-refractivity contribution in [2.24, 2.45) is 0 Å². The lowest BCUT2D eigenvalue weighted by Gasteiger charge is -2.10. The third kappa shape index (κ3) is 5.40. The molecule has 2 nitrogen and oxygen atoms in total. The second kappa shape index (κ2) is 5.71. The van der Waals surface area contributed by atoms with Gasteiger partial charge in [0.1, 0.15) is 0 Å². The van der Waals surface area contributed by atoms with Crippen LogP contribution in [0.2, 0.25) is 0 Å². The predicted octanol–water partition coefficient (Wildman–Crippen LogP) is 1.60. The van der Waals surface area contributed by atoms with Gasteiger partial charge in [0, 0.05) is 20.5 Å². The Morgan fingerprint density at radius 2 is 2.09 bits per heavy atom. The van der Waals surface area contributed by atoms with Crippen molar-refractivity contribution < 1.29 is 4.79 Å². The van der Waals surface area contributed by atoms with E-state index in [-0.39, 0.29) is 5.91 Å². The highest BCUT2D eigenvalue weighted by Gasteiger charge is 1.95. The highest BCUT2D eigenvalue weighted by molar-refractivity contribution is 5.72. The minimum absolute atomic E-state index is 0.0927. The molecule has 0 atom stereocenters. The molecule has 1 amide bonds. The lowest BCUT2D eigenvalue weighted by Crippen LogP contribution is -2.23. The molecule has 11 heavy (non-hydrogen) atoms. The van der Waals surface area contributed by atoms with E-state index in [2.05, 4.69) is 0 Å². The molecule has 0 saturated carbocycles. The van der Waals surface area contributed by atoms with Gasteiger partial charge in [-0.25, -0.2) is 0 Å². The highest BCUT2D eigenvalue weighted by atomic mass is 16.2. The van der Waals surface area contributed by atoms with E-state index in [1.807, 2.05) is 31.2 Å². The molecule has 0 unspecified atom stereocenters. The molecule has 0 aromatic carbocycles. The molecular weight excluding hydrogens is 138 g/mol. The van der Waals surface area contributed by atoms with Crippen LogP contribution in [0.5, 0.6) is 0 Å². The van der Waals surface area contributed by atoms with Gasteiger partial charge in [0.25, 0.3) is 0 Å². The lowest BCUT2D eigenvalue weighted by atomic mass is 10.4. The number of allylic oxidation sites excluding steroid dienone is 3. The second-order valence-electron chi connectivity index (χ2n) is 2.35. The molecule has 0 aliphatic heterocycles. The maximum Gasteiger partial charge on any atom is 0.219 e. The number of hydrogen-bond donors (Lipinski definition) is 0. The normalized spacial score (nSPS) is 11.2. The number of amides is 1. The van der Waals surface area contributed by atoms with Gasteiger partial charge in [0.15, 0.2) is 0 Å². The first-order chi connectivity index (χ1) is 5.18. The van der Waals surface area contributed by atoms with Crippen LogP contribution >= 0.6 is 0 Å². The molecule has 0 heterocycles. The Morgan fingerprint density at radius 1 is 1.45 bits per heavy atom. The van der Waals surface area contributed by atoms with Gasteiger partial charge in [-0.05, 0) is 6.92 Å². The molecule has 0 spiro atoms. The van der Waals surface area contributed by atoms with Crippen LogP contribution in [0.1, 0.15) is 13.8 Å². The summed E-state index contributed by atoms with van der Waals surface area (Å²) >= 11 is 0. The summed E-state index contributed by atoms with van der Waals surface area (Å²) < 4.78 is 0.